The van der Waals surface area contributed by atoms with E-state index in [0.717, 1.165) is 0 Å². The van der Waals surface area contributed by atoms with Crippen LogP contribution in [0.25, 0.3) is 0 Å². The van der Waals surface area contributed by atoms with Crippen molar-refractivity contribution in [3.8, 4) is 5.75 Å². The molecule has 0 atom stereocenters. The van der Waals surface area contributed by atoms with Crippen molar-refractivity contribution in [2.24, 2.45) is 0 Å². The van der Waals surface area contributed by atoms with E-state index in [1.807, 2.05) is 0 Å². The maximum atomic E-state index is 12.4. The highest BCUT2D eigenvalue weighted by atomic mass is 16.7. The summed E-state index contributed by atoms with van der Waals surface area (Å²) in [5.41, 5.74) is 1.39. The smallest absolute Gasteiger partial charge is 0.434 e. The van der Waals surface area contributed by atoms with Crippen LogP contribution in [-0.4, -0.2) is 51.5 Å². The van der Waals surface area contributed by atoms with Crippen LogP contribution in [0.1, 0.15) is 17.3 Å². The summed E-state index contributed by atoms with van der Waals surface area (Å²) < 4.78 is 19.6. The van der Waals surface area contributed by atoms with Crippen molar-refractivity contribution in [2.45, 2.75) is 6.92 Å². The quantitative estimate of drug-likeness (QED) is 0.348. The lowest BCUT2D eigenvalue weighted by Gasteiger charge is -2.10. The van der Waals surface area contributed by atoms with Gasteiger partial charge in [-0.3, -0.25) is 9.59 Å². The Balaban J connectivity index is 1.90. The number of carbonyl (C=O) groups is 3. The molecule has 0 bridgehead atoms. The Morgan fingerprint density at radius 3 is 2.30 bits per heavy atom. The molecule has 0 radical (unpaired) electrons. The van der Waals surface area contributed by atoms with Gasteiger partial charge in [0, 0.05) is 24.0 Å². The molecule has 0 spiro atoms. The molecule has 0 aliphatic rings. The number of hydrogen-bond acceptors (Lipinski definition) is 7. The lowest BCUT2D eigenvalue weighted by molar-refractivity contribution is -0.121. The zero-order valence-corrected chi connectivity index (χ0v) is 16.8. The van der Waals surface area contributed by atoms with Crippen LogP contribution in [0, 0.1) is 0 Å². The van der Waals surface area contributed by atoms with Crippen LogP contribution < -0.4 is 15.4 Å². The number of anilines is 2. The summed E-state index contributed by atoms with van der Waals surface area (Å²) >= 11 is 0. The number of amides is 2. The van der Waals surface area contributed by atoms with Gasteiger partial charge in [-0.25, -0.2) is 4.79 Å². The minimum Gasteiger partial charge on any atom is -0.434 e. The van der Waals surface area contributed by atoms with Crippen molar-refractivity contribution < 1.29 is 33.3 Å². The number of ether oxygens (including phenoxy) is 4. The van der Waals surface area contributed by atoms with Gasteiger partial charge >= 0.3 is 6.16 Å². The summed E-state index contributed by atoms with van der Waals surface area (Å²) in [7, 11) is 1.55. The highest BCUT2D eigenvalue weighted by molar-refractivity contribution is 6.04. The van der Waals surface area contributed by atoms with Gasteiger partial charge < -0.3 is 29.6 Å². The Kier molecular flexibility index (Phi) is 9.29. The fourth-order valence-corrected chi connectivity index (χ4v) is 2.30. The fraction of sp³-hybridized carbons (Fsp3) is 0.286. The van der Waals surface area contributed by atoms with Crippen LogP contribution >= 0.6 is 0 Å². The third kappa shape index (κ3) is 7.90. The Hall–Kier alpha value is -3.43. The topological polar surface area (TPSA) is 112 Å². The van der Waals surface area contributed by atoms with E-state index in [2.05, 4.69) is 15.4 Å². The van der Waals surface area contributed by atoms with E-state index in [0.29, 0.717) is 30.2 Å². The molecule has 9 nitrogen and oxygen atoms in total. The highest BCUT2D eigenvalue weighted by Gasteiger charge is 2.10. The standard InChI is InChI=1S/C21H24N2O7/c1-3-29-21(26)30-18-9-7-15(8-10-18)20(25)23-17-6-4-5-16(13-17)22-19(24)14-28-12-11-27-2/h4-10,13H,3,11-12,14H2,1-2H3,(H,22,24)(H,23,25). The van der Waals surface area contributed by atoms with Crippen molar-refractivity contribution in [1.29, 1.82) is 0 Å². The van der Waals surface area contributed by atoms with Gasteiger partial charge in [0.15, 0.2) is 0 Å². The molecule has 2 aromatic carbocycles. The third-order valence-electron chi connectivity index (χ3n) is 3.65. The van der Waals surface area contributed by atoms with Gasteiger partial charge in [-0.05, 0) is 49.4 Å². The summed E-state index contributed by atoms with van der Waals surface area (Å²) in [5.74, 6) is -0.404. The SMILES string of the molecule is CCOC(=O)Oc1ccc(C(=O)Nc2cccc(NC(=O)COCCOC)c2)cc1. The van der Waals surface area contributed by atoms with Crippen LogP contribution in [-0.2, 0) is 19.0 Å². The third-order valence-corrected chi connectivity index (χ3v) is 3.65. The van der Waals surface area contributed by atoms with E-state index in [4.69, 9.17) is 14.2 Å². The average molecular weight is 416 g/mol. The molecule has 0 heterocycles. The molecule has 9 heteroatoms. The molecule has 2 N–H and O–H groups in total. The summed E-state index contributed by atoms with van der Waals surface area (Å²) in [6, 6.07) is 12.7. The van der Waals surface area contributed by atoms with Crippen molar-refractivity contribution >= 4 is 29.3 Å². The van der Waals surface area contributed by atoms with Crippen LogP contribution in [0.2, 0.25) is 0 Å². The van der Waals surface area contributed by atoms with Gasteiger partial charge in [0.05, 0.1) is 19.8 Å². The van der Waals surface area contributed by atoms with Gasteiger partial charge in [-0.1, -0.05) is 6.07 Å². The van der Waals surface area contributed by atoms with Crippen LogP contribution in [0.3, 0.4) is 0 Å². The number of nitrogens with one attached hydrogen (secondary N) is 2. The number of hydrogen-bond donors (Lipinski definition) is 2. The first-order valence-corrected chi connectivity index (χ1v) is 9.24. The van der Waals surface area contributed by atoms with Gasteiger partial charge in [0.1, 0.15) is 12.4 Å². The van der Waals surface area contributed by atoms with E-state index in [9.17, 15) is 14.4 Å². The maximum Gasteiger partial charge on any atom is 0.513 e. The largest absolute Gasteiger partial charge is 0.513 e. The van der Waals surface area contributed by atoms with Crippen molar-refractivity contribution in [1.82, 2.24) is 0 Å². The van der Waals surface area contributed by atoms with E-state index in [-0.39, 0.29) is 30.8 Å². The van der Waals surface area contributed by atoms with Gasteiger partial charge in [-0.15, -0.1) is 0 Å². The maximum absolute atomic E-state index is 12.4. The van der Waals surface area contributed by atoms with Crippen LogP contribution in [0.5, 0.6) is 5.75 Å². The second-order valence-electron chi connectivity index (χ2n) is 5.94. The molecule has 0 aromatic heterocycles. The van der Waals surface area contributed by atoms with Gasteiger partial charge in [0.2, 0.25) is 5.91 Å². The van der Waals surface area contributed by atoms with Crippen LogP contribution in [0.4, 0.5) is 16.2 Å². The molecular formula is C21H24N2O7. The van der Waals surface area contributed by atoms with E-state index < -0.39 is 6.16 Å². The Morgan fingerprint density at radius 2 is 1.63 bits per heavy atom. The number of carbonyl (C=O) groups excluding carboxylic acids is 3. The lowest BCUT2D eigenvalue weighted by atomic mass is 10.2. The summed E-state index contributed by atoms with van der Waals surface area (Å²) in [5, 5.41) is 5.43. The first-order chi connectivity index (χ1) is 14.5. The molecule has 160 valence electrons. The van der Waals surface area contributed by atoms with Crippen molar-refractivity contribution in [3.63, 3.8) is 0 Å². The molecular weight excluding hydrogens is 392 g/mol. The molecule has 2 rings (SSSR count). The molecule has 2 amide bonds. The number of methoxy groups -OCH3 is 1. The summed E-state index contributed by atoms with van der Waals surface area (Å²) in [4.78, 5) is 35.6. The Labute approximate surface area is 174 Å². The fourth-order valence-electron chi connectivity index (χ4n) is 2.30. The minimum absolute atomic E-state index is 0.0971. The molecule has 0 saturated heterocycles. The second-order valence-corrected chi connectivity index (χ2v) is 5.94. The van der Waals surface area contributed by atoms with Crippen molar-refractivity contribution in [3.05, 3.63) is 54.1 Å². The summed E-state index contributed by atoms with van der Waals surface area (Å²) in [6.07, 6.45) is -0.808. The van der Waals surface area contributed by atoms with E-state index in [1.165, 1.54) is 24.3 Å². The molecule has 0 aliphatic heterocycles. The Bertz CT molecular complexity index is 853. The molecule has 0 unspecified atom stereocenters. The minimum atomic E-state index is -0.808. The lowest BCUT2D eigenvalue weighted by Crippen LogP contribution is -2.19. The van der Waals surface area contributed by atoms with Gasteiger partial charge in [0.25, 0.3) is 5.91 Å². The molecule has 30 heavy (non-hydrogen) atoms. The number of benzene rings is 2. The Morgan fingerprint density at radius 1 is 0.933 bits per heavy atom. The predicted molar refractivity (Wildman–Crippen MR) is 110 cm³/mol. The predicted octanol–water partition coefficient (Wildman–Crippen LogP) is 3.08. The normalized spacial score (nSPS) is 10.2. The van der Waals surface area contributed by atoms with Crippen LogP contribution in [0.15, 0.2) is 48.5 Å². The van der Waals surface area contributed by atoms with Gasteiger partial charge in [-0.2, -0.15) is 0 Å². The zero-order valence-electron chi connectivity index (χ0n) is 16.8. The van der Waals surface area contributed by atoms with E-state index >= 15 is 0 Å². The summed E-state index contributed by atoms with van der Waals surface area (Å²) in [6.45, 7) is 2.51. The molecule has 0 aliphatic carbocycles. The second kappa shape index (κ2) is 12.2. The first kappa shape index (κ1) is 22.9. The zero-order chi connectivity index (χ0) is 21.8. The molecule has 2 aromatic rings. The molecule has 0 fully saturated rings. The molecule has 0 saturated carbocycles. The average Bonchev–Trinajstić information content (AvgIpc) is 2.72. The number of rotatable bonds is 10. The van der Waals surface area contributed by atoms with Crippen molar-refractivity contribution in [2.75, 3.05) is 44.2 Å². The highest BCUT2D eigenvalue weighted by Crippen LogP contribution is 2.18. The van der Waals surface area contributed by atoms with E-state index in [1.54, 1.807) is 38.3 Å². The monoisotopic (exact) mass is 416 g/mol. The first-order valence-electron chi connectivity index (χ1n) is 9.24.